The van der Waals surface area contributed by atoms with E-state index >= 15 is 0 Å². The van der Waals surface area contributed by atoms with Crippen molar-refractivity contribution in [3.05, 3.63) is 35.7 Å². The average Bonchev–Trinajstić information content (AvgIpc) is 2.25. The second-order valence-corrected chi connectivity index (χ2v) is 4.65. The van der Waals surface area contributed by atoms with Crippen LogP contribution in [0.25, 0.3) is 0 Å². The molecule has 0 atom stereocenters. The quantitative estimate of drug-likeness (QED) is 0.791. The lowest BCUT2D eigenvalue weighted by atomic mass is 9.90. The Labute approximate surface area is 95.2 Å². The van der Waals surface area contributed by atoms with Crippen molar-refractivity contribution in [3.8, 4) is 0 Å². The Morgan fingerprint density at radius 1 is 1.50 bits per heavy atom. The van der Waals surface area contributed by atoms with E-state index in [0.29, 0.717) is 12.8 Å². The van der Waals surface area contributed by atoms with Crippen molar-refractivity contribution >= 4 is 5.97 Å². The highest BCUT2D eigenvalue weighted by molar-refractivity contribution is 5.66. The summed E-state index contributed by atoms with van der Waals surface area (Å²) >= 11 is 0. The van der Waals surface area contributed by atoms with Crippen LogP contribution in [-0.4, -0.2) is 11.1 Å². The lowest BCUT2D eigenvalue weighted by Crippen LogP contribution is -2.03. The van der Waals surface area contributed by atoms with Gasteiger partial charge in [-0.05, 0) is 30.6 Å². The minimum atomic E-state index is -0.809. The Balaban J connectivity index is 2.67. The first-order valence-corrected chi connectivity index (χ1v) is 5.39. The van der Waals surface area contributed by atoms with Crippen molar-refractivity contribution in [2.24, 2.45) is 5.41 Å². The Bertz CT molecular complexity index is 362. The predicted octanol–water partition coefficient (Wildman–Crippen LogP) is 3.62. The van der Waals surface area contributed by atoms with Gasteiger partial charge in [0.05, 0.1) is 0 Å². The van der Waals surface area contributed by atoms with Gasteiger partial charge < -0.3 is 5.11 Å². The van der Waals surface area contributed by atoms with Crippen LogP contribution in [0.4, 0.5) is 4.39 Å². The van der Waals surface area contributed by atoms with E-state index in [4.69, 9.17) is 5.11 Å². The maximum atomic E-state index is 13.2. The lowest BCUT2D eigenvalue weighted by molar-refractivity contribution is -0.137. The van der Waals surface area contributed by atoms with E-state index in [1.165, 1.54) is 12.2 Å². The molecular formula is C13H17FO2. The van der Waals surface area contributed by atoms with Gasteiger partial charge in [-0.15, -0.1) is 0 Å². The van der Waals surface area contributed by atoms with Crippen molar-refractivity contribution in [2.75, 3.05) is 0 Å². The third-order valence-corrected chi connectivity index (χ3v) is 2.41. The number of carbonyl (C=O) groups is 1. The highest BCUT2D eigenvalue weighted by Crippen LogP contribution is 2.28. The minimum Gasteiger partial charge on any atom is -0.481 e. The first-order chi connectivity index (χ1) is 7.39. The number of aliphatic carboxylic acids is 1. The lowest BCUT2D eigenvalue weighted by Gasteiger charge is -2.15. The highest BCUT2D eigenvalue weighted by atomic mass is 19.1. The van der Waals surface area contributed by atoms with Gasteiger partial charge in [-0.2, -0.15) is 0 Å². The number of carboxylic acid groups (broad SMARTS) is 1. The van der Waals surface area contributed by atoms with Gasteiger partial charge in [0.15, 0.2) is 0 Å². The molecule has 0 aromatic heterocycles. The SMILES string of the molecule is CC1(C)C=CC(F)=CC(CCCC(=O)O)=C1. The molecule has 3 heteroatoms. The van der Waals surface area contributed by atoms with Crippen molar-refractivity contribution in [1.82, 2.24) is 0 Å². The van der Waals surface area contributed by atoms with Gasteiger partial charge in [-0.1, -0.05) is 26.0 Å². The maximum Gasteiger partial charge on any atom is 0.303 e. The molecule has 1 rings (SSSR count). The molecule has 0 saturated heterocycles. The zero-order valence-corrected chi connectivity index (χ0v) is 9.66. The van der Waals surface area contributed by atoms with E-state index in [9.17, 15) is 9.18 Å². The van der Waals surface area contributed by atoms with Crippen LogP contribution in [-0.2, 0) is 4.79 Å². The van der Waals surface area contributed by atoms with Crippen LogP contribution in [0, 0.1) is 5.41 Å². The predicted molar refractivity (Wildman–Crippen MR) is 61.7 cm³/mol. The molecule has 88 valence electrons. The molecule has 0 aromatic rings. The topological polar surface area (TPSA) is 37.3 Å². The number of hydrogen-bond donors (Lipinski definition) is 1. The molecule has 0 unspecified atom stereocenters. The summed E-state index contributed by atoms with van der Waals surface area (Å²) < 4.78 is 13.2. The largest absolute Gasteiger partial charge is 0.481 e. The number of hydrogen-bond acceptors (Lipinski definition) is 1. The molecule has 16 heavy (non-hydrogen) atoms. The summed E-state index contributed by atoms with van der Waals surface area (Å²) in [5.74, 6) is -1.08. The molecule has 0 aromatic carbocycles. The summed E-state index contributed by atoms with van der Waals surface area (Å²) in [6.45, 7) is 3.99. The van der Waals surface area contributed by atoms with Crippen molar-refractivity contribution < 1.29 is 14.3 Å². The summed E-state index contributed by atoms with van der Waals surface area (Å²) in [6, 6.07) is 0. The second-order valence-electron chi connectivity index (χ2n) is 4.65. The van der Waals surface area contributed by atoms with Crippen LogP contribution in [0.3, 0.4) is 0 Å². The normalized spacial score (nSPS) is 18.7. The molecule has 0 saturated carbocycles. The minimum absolute atomic E-state index is 0.126. The van der Waals surface area contributed by atoms with Gasteiger partial charge in [0.1, 0.15) is 5.83 Å². The molecule has 0 radical (unpaired) electrons. The Morgan fingerprint density at radius 2 is 2.19 bits per heavy atom. The zero-order chi connectivity index (χ0) is 12.2. The molecular weight excluding hydrogens is 207 g/mol. The monoisotopic (exact) mass is 224 g/mol. The Hall–Kier alpha value is -1.38. The van der Waals surface area contributed by atoms with Crippen molar-refractivity contribution in [1.29, 1.82) is 0 Å². The van der Waals surface area contributed by atoms with E-state index in [2.05, 4.69) is 0 Å². The fourth-order valence-electron chi connectivity index (χ4n) is 1.68. The molecule has 0 fully saturated rings. The summed E-state index contributed by atoms with van der Waals surface area (Å²) in [6.07, 6.45) is 8.00. The van der Waals surface area contributed by atoms with Crippen LogP contribution in [0.15, 0.2) is 35.7 Å². The first-order valence-electron chi connectivity index (χ1n) is 5.39. The fourth-order valence-corrected chi connectivity index (χ4v) is 1.68. The van der Waals surface area contributed by atoms with Gasteiger partial charge in [0.25, 0.3) is 0 Å². The molecule has 0 heterocycles. The number of allylic oxidation sites excluding steroid dienone is 6. The number of rotatable bonds is 4. The molecule has 1 N–H and O–H groups in total. The Morgan fingerprint density at radius 3 is 2.81 bits per heavy atom. The van der Waals surface area contributed by atoms with Crippen LogP contribution in [0.2, 0.25) is 0 Å². The Kier molecular flexibility index (Phi) is 4.05. The molecule has 1 aliphatic carbocycles. The molecule has 0 aliphatic heterocycles. The molecule has 0 bridgehead atoms. The third-order valence-electron chi connectivity index (χ3n) is 2.41. The summed E-state index contributed by atoms with van der Waals surface area (Å²) in [4.78, 5) is 10.4. The standard InChI is InChI=1S/C13H17FO2/c1-13(2)7-6-11(14)8-10(9-13)4-3-5-12(15)16/h6-9H,3-5H2,1-2H3,(H,15,16). The number of carboxylic acids is 1. The molecule has 0 amide bonds. The molecule has 0 spiro atoms. The van der Waals surface area contributed by atoms with Crippen LogP contribution in [0.5, 0.6) is 0 Å². The van der Waals surface area contributed by atoms with Gasteiger partial charge in [0.2, 0.25) is 0 Å². The zero-order valence-electron chi connectivity index (χ0n) is 9.66. The van der Waals surface area contributed by atoms with Crippen molar-refractivity contribution in [3.63, 3.8) is 0 Å². The van der Waals surface area contributed by atoms with E-state index in [0.717, 1.165) is 5.57 Å². The van der Waals surface area contributed by atoms with Gasteiger partial charge in [-0.25, -0.2) is 4.39 Å². The highest BCUT2D eigenvalue weighted by Gasteiger charge is 2.14. The smallest absolute Gasteiger partial charge is 0.303 e. The van der Waals surface area contributed by atoms with E-state index in [1.54, 1.807) is 0 Å². The van der Waals surface area contributed by atoms with E-state index in [1.807, 2.05) is 26.0 Å². The fraction of sp³-hybridized carbons (Fsp3) is 0.462. The van der Waals surface area contributed by atoms with Crippen LogP contribution >= 0.6 is 0 Å². The molecule has 2 nitrogen and oxygen atoms in total. The molecule has 1 aliphatic rings. The summed E-state index contributed by atoms with van der Waals surface area (Å²) in [5, 5.41) is 8.53. The maximum absolute atomic E-state index is 13.2. The number of halogens is 1. The van der Waals surface area contributed by atoms with Crippen LogP contribution < -0.4 is 0 Å². The van der Waals surface area contributed by atoms with Gasteiger partial charge in [-0.3, -0.25) is 4.79 Å². The van der Waals surface area contributed by atoms with Crippen molar-refractivity contribution in [2.45, 2.75) is 33.1 Å². The third kappa shape index (κ3) is 4.43. The van der Waals surface area contributed by atoms with Crippen LogP contribution in [0.1, 0.15) is 33.1 Å². The summed E-state index contributed by atoms with van der Waals surface area (Å²) in [5.41, 5.74) is 0.692. The summed E-state index contributed by atoms with van der Waals surface area (Å²) in [7, 11) is 0. The van der Waals surface area contributed by atoms with E-state index in [-0.39, 0.29) is 17.7 Å². The first kappa shape index (κ1) is 12.7. The van der Waals surface area contributed by atoms with E-state index < -0.39 is 5.97 Å². The van der Waals surface area contributed by atoms with Gasteiger partial charge in [0, 0.05) is 11.8 Å². The average molecular weight is 224 g/mol. The van der Waals surface area contributed by atoms with Gasteiger partial charge >= 0.3 is 5.97 Å². The second kappa shape index (κ2) is 5.10.